The second-order valence-corrected chi connectivity index (χ2v) is 11.6. The van der Waals surface area contributed by atoms with E-state index >= 15 is 0 Å². The summed E-state index contributed by atoms with van der Waals surface area (Å²) in [5, 5.41) is 16.6. The summed E-state index contributed by atoms with van der Waals surface area (Å²) in [6.45, 7) is 4.69. The summed E-state index contributed by atoms with van der Waals surface area (Å²) in [5.41, 5.74) is 2.67. The van der Waals surface area contributed by atoms with E-state index in [2.05, 4.69) is 41.2 Å². The third-order valence-electron chi connectivity index (χ3n) is 8.22. The van der Waals surface area contributed by atoms with Gasteiger partial charge < -0.3 is 24.2 Å². The van der Waals surface area contributed by atoms with Crippen LogP contribution in [0, 0.1) is 11.8 Å². The maximum absolute atomic E-state index is 10.9. The quantitative estimate of drug-likeness (QED) is 0.527. The molecule has 0 radical (unpaired) electrons. The summed E-state index contributed by atoms with van der Waals surface area (Å²) < 4.78 is 12.1. The van der Waals surface area contributed by atoms with Gasteiger partial charge in [0.15, 0.2) is 5.58 Å². The number of benzene rings is 1. The van der Waals surface area contributed by atoms with Crippen LogP contribution in [0.15, 0.2) is 16.7 Å². The number of aromatic nitrogens is 1. The number of nitrogens with zero attached hydrogens (tertiary/aromatic N) is 3. The number of aliphatic hydroxyl groups is 1. The third kappa shape index (κ3) is 5.95. The van der Waals surface area contributed by atoms with Crippen LogP contribution in [0.25, 0.3) is 11.0 Å². The molecule has 1 aromatic heterocycles. The molecule has 188 valence electrons. The normalized spacial score (nSPS) is 22.0. The van der Waals surface area contributed by atoms with E-state index in [0.29, 0.717) is 0 Å². The first-order valence-electron chi connectivity index (χ1n) is 13.6. The van der Waals surface area contributed by atoms with Gasteiger partial charge in [-0.1, -0.05) is 24.4 Å². The molecule has 3 aliphatic rings. The van der Waals surface area contributed by atoms with E-state index in [-0.39, 0.29) is 0 Å². The summed E-state index contributed by atoms with van der Waals surface area (Å²) in [4.78, 5) is 4.67. The fourth-order valence-corrected chi connectivity index (χ4v) is 5.92. The first-order valence-corrected chi connectivity index (χ1v) is 13.6. The van der Waals surface area contributed by atoms with Gasteiger partial charge in [-0.05, 0) is 103 Å². The first-order chi connectivity index (χ1) is 16.5. The van der Waals surface area contributed by atoms with Gasteiger partial charge in [0.1, 0.15) is 5.75 Å². The van der Waals surface area contributed by atoms with Gasteiger partial charge >= 0.3 is 0 Å². The minimum atomic E-state index is -0.434. The number of rotatable bonds is 10. The highest BCUT2D eigenvalue weighted by molar-refractivity contribution is 5.84. The lowest BCUT2D eigenvalue weighted by Gasteiger charge is -2.40. The Labute approximate surface area is 204 Å². The van der Waals surface area contributed by atoms with Gasteiger partial charge in [0.2, 0.25) is 0 Å². The van der Waals surface area contributed by atoms with E-state index in [1.807, 2.05) is 0 Å². The van der Waals surface area contributed by atoms with Crippen LogP contribution >= 0.6 is 0 Å². The van der Waals surface area contributed by atoms with Crippen LogP contribution < -0.4 is 4.74 Å². The maximum Gasteiger partial charge on any atom is 0.175 e. The highest BCUT2D eigenvalue weighted by Gasteiger charge is 2.32. The highest BCUT2D eigenvalue weighted by atomic mass is 16.5. The summed E-state index contributed by atoms with van der Waals surface area (Å²) in [7, 11) is 4.17. The van der Waals surface area contributed by atoms with E-state index < -0.39 is 5.60 Å². The van der Waals surface area contributed by atoms with Crippen molar-refractivity contribution < 1.29 is 14.4 Å². The molecule has 0 atom stereocenters. The Morgan fingerprint density at radius 1 is 1.09 bits per heavy atom. The molecule has 1 aromatic carbocycles. The standard InChI is InChI=1S/C28H43N3O3/c1-30(2)18-24-26(33-19-22-6-7-22)11-9-23-25(29-34-27(23)24)10-8-21-12-16-31(17-13-21)20-28(32)14-4-3-5-15-28/h9,11,21-22,32H,3-8,10,12-20H2,1-2H3. The second kappa shape index (κ2) is 10.5. The van der Waals surface area contributed by atoms with E-state index in [4.69, 9.17) is 9.26 Å². The molecule has 1 saturated heterocycles. The Morgan fingerprint density at radius 2 is 1.85 bits per heavy atom. The summed E-state index contributed by atoms with van der Waals surface area (Å²) in [6.07, 6.45) is 12.7. The highest BCUT2D eigenvalue weighted by Crippen LogP contribution is 2.35. The number of β-amino-alcohol motifs (C(OH)–C–C–N with tert-alkyl or cyclic N) is 1. The van der Waals surface area contributed by atoms with Crippen molar-refractivity contribution in [2.75, 3.05) is 40.3 Å². The molecule has 1 N–H and O–H groups in total. The van der Waals surface area contributed by atoms with Gasteiger partial charge in [-0.3, -0.25) is 0 Å². The van der Waals surface area contributed by atoms with Crippen molar-refractivity contribution in [2.45, 2.75) is 82.8 Å². The summed E-state index contributed by atoms with van der Waals surface area (Å²) >= 11 is 0. The molecule has 3 fully saturated rings. The molecule has 1 aliphatic heterocycles. The Morgan fingerprint density at radius 3 is 2.56 bits per heavy atom. The number of hydrogen-bond donors (Lipinski definition) is 1. The van der Waals surface area contributed by atoms with Crippen LogP contribution in [0.2, 0.25) is 0 Å². The van der Waals surface area contributed by atoms with Gasteiger partial charge in [-0.25, -0.2) is 0 Å². The minimum Gasteiger partial charge on any atom is -0.493 e. The Kier molecular flexibility index (Phi) is 7.47. The molecular weight excluding hydrogens is 426 g/mol. The predicted molar refractivity (Wildman–Crippen MR) is 135 cm³/mol. The van der Waals surface area contributed by atoms with Crippen LogP contribution in [0.1, 0.15) is 75.5 Å². The number of likely N-dealkylation sites (tertiary alicyclic amines) is 1. The zero-order valence-corrected chi connectivity index (χ0v) is 21.2. The van der Waals surface area contributed by atoms with Crippen LogP contribution in [-0.4, -0.2) is 66.0 Å². The lowest BCUT2D eigenvalue weighted by atomic mass is 9.83. The number of piperidine rings is 1. The molecule has 6 nitrogen and oxygen atoms in total. The van der Waals surface area contributed by atoms with Crippen LogP contribution in [-0.2, 0) is 13.0 Å². The average Bonchev–Trinajstić information content (AvgIpc) is 3.56. The molecule has 2 heterocycles. The van der Waals surface area contributed by atoms with E-state index in [0.717, 1.165) is 98.3 Å². The van der Waals surface area contributed by atoms with Crippen molar-refractivity contribution in [2.24, 2.45) is 11.8 Å². The molecule has 0 unspecified atom stereocenters. The lowest BCUT2D eigenvalue weighted by molar-refractivity contribution is -0.0328. The number of hydrogen-bond acceptors (Lipinski definition) is 6. The zero-order chi connectivity index (χ0) is 23.5. The number of fused-ring (bicyclic) bond motifs is 1. The zero-order valence-electron chi connectivity index (χ0n) is 21.2. The first kappa shape index (κ1) is 24.1. The van der Waals surface area contributed by atoms with Gasteiger partial charge in [-0.2, -0.15) is 0 Å². The Bertz CT molecular complexity index is 938. The topological polar surface area (TPSA) is 62.0 Å². The lowest BCUT2D eigenvalue weighted by Crippen LogP contribution is -2.47. The molecule has 2 aliphatic carbocycles. The summed E-state index contributed by atoms with van der Waals surface area (Å²) in [5.74, 6) is 2.40. The SMILES string of the molecule is CN(C)Cc1c(OCC2CC2)ccc2c(CCC3CCN(CC4(O)CCCCC4)CC3)noc12. The number of aryl methyl sites for hydroxylation is 1. The van der Waals surface area contributed by atoms with E-state index in [9.17, 15) is 5.11 Å². The summed E-state index contributed by atoms with van der Waals surface area (Å²) in [6, 6.07) is 4.27. The monoisotopic (exact) mass is 469 g/mol. The van der Waals surface area contributed by atoms with Crippen molar-refractivity contribution >= 4 is 11.0 Å². The molecule has 2 saturated carbocycles. The number of ether oxygens (including phenoxy) is 1. The molecule has 34 heavy (non-hydrogen) atoms. The van der Waals surface area contributed by atoms with Gasteiger partial charge in [0.25, 0.3) is 0 Å². The Hall–Kier alpha value is -1.63. The third-order valence-corrected chi connectivity index (χ3v) is 8.22. The van der Waals surface area contributed by atoms with Gasteiger partial charge in [0.05, 0.1) is 23.5 Å². The maximum atomic E-state index is 10.9. The molecule has 0 bridgehead atoms. The smallest absolute Gasteiger partial charge is 0.175 e. The van der Waals surface area contributed by atoms with Crippen LogP contribution in [0.5, 0.6) is 5.75 Å². The molecule has 0 spiro atoms. The van der Waals surface area contributed by atoms with Crippen molar-refractivity contribution in [3.05, 3.63) is 23.4 Å². The fourth-order valence-electron chi connectivity index (χ4n) is 5.92. The predicted octanol–water partition coefficient (Wildman–Crippen LogP) is 5.02. The van der Waals surface area contributed by atoms with E-state index in [1.54, 1.807) is 0 Å². The van der Waals surface area contributed by atoms with Crippen molar-refractivity contribution in [1.82, 2.24) is 15.0 Å². The molecule has 0 amide bonds. The van der Waals surface area contributed by atoms with Gasteiger partial charge in [-0.15, -0.1) is 0 Å². The van der Waals surface area contributed by atoms with Crippen molar-refractivity contribution in [1.29, 1.82) is 0 Å². The van der Waals surface area contributed by atoms with Crippen LogP contribution in [0.4, 0.5) is 0 Å². The van der Waals surface area contributed by atoms with E-state index in [1.165, 1.54) is 44.9 Å². The average molecular weight is 470 g/mol. The molecule has 5 rings (SSSR count). The van der Waals surface area contributed by atoms with Crippen molar-refractivity contribution in [3.8, 4) is 5.75 Å². The van der Waals surface area contributed by atoms with Gasteiger partial charge in [0, 0.05) is 18.5 Å². The minimum absolute atomic E-state index is 0.434. The van der Waals surface area contributed by atoms with Crippen molar-refractivity contribution in [3.63, 3.8) is 0 Å². The molecular formula is C28H43N3O3. The Balaban J connectivity index is 1.17. The fraction of sp³-hybridized carbons (Fsp3) is 0.750. The largest absolute Gasteiger partial charge is 0.493 e. The van der Waals surface area contributed by atoms with Crippen LogP contribution in [0.3, 0.4) is 0 Å². The second-order valence-electron chi connectivity index (χ2n) is 11.6. The molecule has 6 heteroatoms. The molecule has 2 aromatic rings.